The lowest BCUT2D eigenvalue weighted by molar-refractivity contribution is -0.384. The standard InChI is InChI=1S/C18H15N5O4S.BrH/c1-26-15-8-5-12(9-16(15)27-2)17-19-20-18-22(17)21-14(10-28-18)11-3-6-13(7-4-11)23(24)25;/h3-9H,10H2,1-2H3;1H. The highest BCUT2D eigenvalue weighted by molar-refractivity contribution is 8.93. The molecule has 3 aromatic rings. The summed E-state index contributed by atoms with van der Waals surface area (Å²) in [6.07, 6.45) is 0. The van der Waals surface area contributed by atoms with Crippen molar-refractivity contribution in [1.29, 1.82) is 0 Å². The van der Waals surface area contributed by atoms with Crippen molar-refractivity contribution in [2.75, 3.05) is 20.0 Å². The van der Waals surface area contributed by atoms with Gasteiger partial charge in [0.25, 0.3) is 5.69 Å². The molecule has 2 heterocycles. The molecule has 150 valence electrons. The number of halogens is 1. The molecule has 0 atom stereocenters. The SMILES string of the molecule is Br.COc1ccc(-c2nnc3n2N=C(c2ccc([N+](=O)[O-])cc2)CS3)cc1OC. The molecule has 0 N–H and O–H groups in total. The molecule has 11 heteroatoms. The predicted octanol–water partition coefficient (Wildman–Crippen LogP) is 3.81. The molecule has 0 radical (unpaired) electrons. The van der Waals surface area contributed by atoms with Gasteiger partial charge in [0, 0.05) is 23.4 Å². The fourth-order valence-electron chi connectivity index (χ4n) is 2.80. The van der Waals surface area contributed by atoms with Crippen LogP contribution in [-0.4, -0.2) is 45.5 Å². The molecule has 0 fully saturated rings. The van der Waals surface area contributed by atoms with Crippen molar-refractivity contribution in [3.8, 4) is 22.9 Å². The van der Waals surface area contributed by atoms with Gasteiger partial charge in [0.2, 0.25) is 5.16 Å². The van der Waals surface area contributed by atoms with Crippen LogP contribution >= 0.6 is 28.7 Å². The van der Waals surface area contributed by atoms with Crippen LogP contribution in [0.4, 0.5) is 5.69 Å². The lowest BCUT2D eigenvalue weighted by Gasteiger charge is -2.14. The average molecular weight is 478 g/mol. The van der Waals surface area contributed by atoms with Crippen molar-refractivity contribution in [3.63, 3.8) is 0 Å². The average Bonchev–Trinajstić information content (AvgIpc) is 3.16. The summed E-state index contributed by atoms with van der Waals surface area (Å²) in [5.74, 6) is 2.37. The number of hydrogen-bond donors (Lipinski definition) is 0. The molecule has 1 aromatic heterocycles. The summed E-state index contributed by atoms with van der Waals surface area (Å²) in [7, 11) is 3.15. The number of aromatic nitrogens is 3. The van der Waals surface area contributed by atoms with Gasteiger partial charge in [-0.1, -0.05) is 11.8 Å². The quantitative estimate of drug-likeness (QED) is 0.406. The Morgan fingerprint density at radius 2 is 1.72 bits per heavy atom. The lowest BCUT2D eigenvalue weighted by Crippen LogP contribution is -2.13. The second-order valence-electron chi connectivity index (χ2n) is 5.83. The Bertz CT molecular complexity index is 1080. The summed E-state index contributed by atoms with van der Waals surface area (Å²) >= 11 is 1.50. The van der Waals surface area contributed by atoms with E-state index >= 15 is 0 Å². The maximum Gasteiger partial charge on any atom is 0.269 e. The summed E-state index contributed by atoms with van der Waals surface area (Å²) in [5.41, 5.74) is 2.43. The van der Waals surface area contributed by atoms with Gasteiger partial charge in [-0.05, 0) is 35.9 Å². The molecule has 0 saturated heterocycles. The maximum absolute atomic E-state index is 10.8. The minimum absolute atomic E-state index is 0. The number of methoxy groups -OCH3 is 2. The van der Waals surface area contributed by atoms with Crippen molar-refractivity contribution in [3.05, 3.63) is 58.1 Å². The van der Waals surface area contributed by atoms with Crippen LogP contribution in [0.1, 0.15) is 5.56 Å². The molecule has 0 saturated carbocycles. The van der Waals surface area contributed by atoms with Gasteiger partial charge in [0.05, 0.1) is 24.9 Å². The molecule has 2 aromatic carbocycles. The summed E-state index contributed by atoms with van der Waals surface area (Å²) < 4.78 is 12.3. The Morgan fingerprint density at radius 3 is 2.38 bits per heavy atom. The highest BCUT2D eigenvalue weighted by atomic mass is 79.9. The van der Waals surface area contributed by atoms with Gasteiger partial charge in [-0.2, -0.15) is 9.78 Å². The van der Waals surface area contributed by atoms with E-state index in [0.717, 1.165) is 16.8 Å². The number of non-ortho nitro benzene ring substituents is 1. The van der Waals surface area contributed by atoms with Gasteiger partial charge in [0.1, 0.15) is 0 Å². The van der Waals surface area contributed by atoms with Crippen LogP contribution in [-0.2, 0) is 0 Å². The highest BCUT2D eigenvalue weighted by Crippen LogP contribution is 2.34. The van der Waals surface area contributed by atoms with Gasteiger partial charge in [-0.15, -0.1) is 27.2 Å². The van der Waals surface area contributed by atoms with Crippen molar-refractivity contribution >= 4 is 40.1 Å². The van der Waals surface area contributed by atoms with E-state index in [9.17, 15) is 10.1 Å². The Kier molecular flexibility index (Phi) is 6.18. The molecule has 29 heavy (non-hydrogen) atoms. The first kappa shape index (κ1) is 20.8. The summed E-state index contributed by atoms with van der Waals surface area (Å²) in [5, 5.41) is 24.7. The number of benzene rings is 2. The van der Waals surface area contributed by atoms with Crippen LogP contribution in [0.5, 0.6) is 11.5 Å². The van der Waals surface area contributed by atoms with E-state index in [1.165, 1.54) is 23.9 Å². The molecule has 0 aliphatic carbocycles. The van der Waals surface area contributed by atoms with Gasteiger partial charge in [-0.25, -0.2) is 0 Å². The number of nitrogens with zero attached hydrogens (tertiary/aromatic N) is 5. The topological polar surface area (TPSA) is 105 Å². The third kappa shape index (κ3) is 3.96. The van der Waals surface area contributed by atoms with Gasteiger partial charge in [0.15, 0.2) is 17.3 Å². The Balaban J connectivity index is 0.00000240. The van der Waals surface area contributed by atoms with Crippen LogP contribution < -0.4 is 9.47 Å². The van der Waals surface area contributed by atoms with Gasteiger partial charge < -0.3 is 9.47 Å². The zero-order valence-corrected chi connectivity index (χ0v) is 18.0. The molecular weight excluding hydrogens is 462 g/mol. The zero-order valence-electron chi connectivity index (χ0n) is 15.4. The molecule has 0 amide bonds. The van der Waals surface area contributed by atoms with E-state index in [1.54, 1.807) is 37.1 Å². The van der Waals surface area contributed by atoms with Crippen LogP contribution in [0.25, 0.3) is 11.4 Å². The predicted molar refractivity (Wildman–Crippen MR) is 115 cm³/mol. The third-order valence-corrected chi connectivity index (χ3v) is 5.15. The second kappa shape index (κ2) is 8.62. The molecule has 1 aliphatic heterocycles. The molecule has 9 nitrogen and oxygen atoms in total. The van der Waals surface area contributed by atoms with E-state index in [0.29, 0.717) is 28.2 Å². The first-order valence-corrected chi connectivity index (χ1v) is 9.22. The Labute approximate surface area is 180 Å². The lowest BCUT2D eigenvalue weighted by atomic mass is 10.1. The van der Waals surface area contributed by atoms with E-state index in [4.69, 9.17) is 9.47 Å². The maximum atomic E-state index is 10.8. The van der Waals surface area contributed by atoms with Crippen molar-refractivity contribution in [2.45, 2.75) is 5.16 Å². The molecule has 0 spiro atoms. The van der Waals surface area contributed by atoms with Crippen molar-refractivity contribution < 1.29 is 14.4 Å². The number of nitro benzene ring substituents is 1. The number of nitro groups is 1. The fraction of sp³-hybridized carbons (Fsp3) is 0.167. The minimum atomic E-state index is -0.422. The highest BCUT2D eigenvalue weighted by Gasteiger charge is 2.22. The molecular formula is C18H16BrN5O4S. The summed E-state index contributed by atoms with van der Waals surface area (Å²) in [6.45, 7) is 0. The number of fused-ring (bicyclic) bond motifs is 1. The fourth-order valence-corrected chi connectivity index (χ4v) is 3.64. The smallest absolute Gasteiger partial charge is 0.269 e. The van der Waals surface area contributed by atoms with E-state index < -0.39 is 4.92 Å². The summed E-state index contributed by atoms with van der Waals surface area (Å²) in [4.78, 5) is 10.4. The number of ether oxygens (including phenoxy) is 2. The minimum Gasteiger partial charge on any atom is -0.493 e. The summed E-state index contributed by atoms with van der Waals surface area (Å²) in [6, 6.07) is 11.8. The Hall–Kier alpha value is -2.92. The van der Waals surface area contributed by atoms with E-state index in [2.05, 4.69) is 15.3 Å². The van der Waals surface area contributed by atoms with Gasteiger partial charge >= 0.3 is 0 Å². The molecule has 0 unspecified atom stereocenters. The van der Waals surface area contributed by atoms with Crippen LogP contribution in [0.15, 0.2) is 52.7 Å². The molecule has 4 rings (SSSR count). The first-order chi connectivity index (χ1) is 13.6. The van der Waals surface area contributed by atoms with Crippen molar-refractivity contribution in [1.82, 2.24) is 14.9 Å². The molecule has 1 aliphatic rings. The normalized spacial score (nSPS) is 12.4. The largest absolute Gasteiger partial charge is 0.493 e. The second-order valence-corrected chi connectivity index (χ2v) is 6.77. The van der Waals surface area contributed by atoms with Crippen molar-refractivity contribution in [2.24, 2.45) is 5.10 Å². The molecule has 0 bridgehead atoms. The van der Waals surface area contributed by atoms with Crippen LogP contribution in [0.2, 0.25) is 0 Å². The van der Waals surface area contributed by atoms with E-state index in [-0.39, 0.29) is 22.7 Å². The zero-order chi connectivity index (χ0) is 19.7. The monoisotopic (exact) mass is 477 g/mol. The Morgan fingerprint density at radius 1 is 1.03 bits per heavy atom. The van der Waals surface area contributed by atoms with Crippen LogP contribution in [0.3, 0.4) is 0 Å². The van der Waals surface area contributed by atoms with Crippen LogP contribution in [0, 0.1) is 10.1 Å². The number of thioether (sulfide) groups is 1. The first-order valence-electron chi connectivity index (χ1n) is 8.24. The van der Waals surface area contributed by atoms with E-state index in [1.807, 2.05) is 12.1 Å². The van der Waals surface area contributed by atoms with Gasteiger partial charge in [-0.3, -0.25) is 10.1 Å². The number of rotatable bonds is 5. The third-order valence-electron chi connectivity index (χ3n) is 4.22. The number of hydrogen-bond acceptors (Lipinski definition) is 8.